The van der Waals surface area contributed by atoms with Crippen molar-refractivity contribution < 1.29 is 30.0 Å². The van der Waals surface area contributed by atoms with Crippen LogP contribution in [0.5, 0.6) is 0 Å². The SMILES string of the molecule is CC(C)(C)c1c[c-]c(-c2cc(-c3ccccc3)c3c[c]([Ge]([CH3])([CH3])[CH3])ccc3n2)cc1.CCC(C)(C)C(=O)/C=C(\O)C(C)(C)CC.[Ir]. The summed E-state index contributed by atoms with van der Waals surface area (Å²) in [6.45, 7) is 18.3. The quantitative estimate of drug-likeness (QED) is 0.0831. The number of nitrogens with zero attached hydrogens (tertiary/aromatic N) is 1. The van der Waals surface area contributed by atoms with Crippen molar-refractivity contribution in [2.24, 2.45) is 10.8 Å². The van der Waals surface area contributed by atoms with Gasteiger partial charge in [-0.3, -0.25) is 4.79 Å². The summed E-state index contributed by atoms with van der Waals surface area (Å²) in [4.78, 5) is 16.9. The molecule has 1 radical (unpaired) electrons. The first-order valence-corrected chi connectivity index (χ1v) is 23.6. The summed E-state index contributed by atoms with van der Waals surface area (Å²) in [6, 6.07) is 29.8. The standard InChI is InChI=1S/C28H30GeN.C13H24O2.Ir/c1-28(2,3)22-14-12-21(13-15-22)27-19-24(20-10-8-7-9-11-20)25-18-23(29(4,5)6)16-17-26(25)30-27;1-7-12(3,4)10(14)9-11(15)13(5,6)8-2;/h7-12,14-19H,1-6H3;9,14H,7-8H2,1-6H3;/q-1;;/b;10-9-;. The fraction of sp³-hybridized carbons (Fsp3) is 0.415. The summed E-state index contributed by atoms with van der Waals surface area (Å²) < 4.78 is 1.51. The molecule has 5 heteroatoms. The molecule has 46 heavy (non-hydrogen) atoms. The molecule has 0 unspecified atom stereocenters. The van der Waals surface area contributed by atoms with Crippen LogP contribution in [0.25, 0.3) is 33.3 Å². The van der Waals surface area contributed by atoms with Crippen LogP contribution in [-0.4, -0.2) is 29.1 Å². The molecule has 0 amide bonds. The molecule has 1 heterocycles. The van der Waals surface area contributed by atoms with Gasteiger partial charge < -0.3 is 5.11 Å². The summed E-state index contributed by atoms with van der Waals surface area (Å²) in [5, 5.41) is 11.1. The Hall–Kier alpha value is -2.53. The molecule has 3 aromatic carbocycles. The molecule has 0 aliphatic carbocycles. The molecule has 0 bridgehead atoms. The monoisotopic (exact) mass is 859 g/mol. The molecule has 0 fully saturated rings. The van der Waals surface area contributed by atoms with Crippen LogP contribution < -0.4 is 4.40 Å². The molecule has 3 nitrogen and oxygen atoms in total. The summed E-state index contributed by atoms with van der Waals surface area (Å²) >= 11 is -1.94. The van der Waals surface area contributed by atoms with Gasteiger partial charge in [0.15, 0.2) is 5.78 Å². The van der Waals surface area contributed by atoms with Gasteiger partial charge in [0.05, 0.1) is 0 Å². The van der Waals surface area contributed by atoms with E-state index in [-0.39, 0.29) is 47.9 Å². The number of allylic oxidation sites excluding steroid dienone is 2. The summed E-state index contributed by atoms with van der Waals surface area (Å²) in [7, 11) is 0. The Labute approximate surface area is 295 Å². The molecule has 0 saturated heterocycles. The predicted molar refractivity (Wildman–Crippen MR) is 197 cm³/mol. The molecule has 4 aromatic rings. The van der Waals surface area contributed by atoms with E-state index in [0.717, 1.165) is 29.6 Å². The maximum absolute atomic E-state index is 11.8. The number of rotatable bonds is 8. The van der Waals surface area contributed by atoms with Gasteiger partial charge in [-0.05, 0) is 12.8 Å². The van der Waals surface area contributed by atoms with Gasteiger partial charge in [-0.15, -0.1) is 0 Å². The first-order valence-electron chi connectivity index (χ1n) is 16.3. The molecule has 0 aliphatic heterocycles. The van der Waals surface area contributed by atoms with Gasteiger partial charge in [-0.2, -0.15) is 0 Å². The summed E-state index contributed by atoms with van der Waals surface area (Å²) in [6.07, 6.45) is 2.99. The zero-order valence-electron chi connectivity index (χ0n) is 30.1. The number of aromatic nitrogens is 1. The first-order chi connectivity index (χ1) is 20.8. The second kappa shape index (κ2) is 15.6. The van der Waals surface area contributed by atoms with E-state index in [0.29, 0.717) is 0 Å². The van der Waals surface area contributed by atoms with Crippen molar-refractivity contribution in [2.45, 2.75) is 97.8 Å². The second-order valence-corrected chi connectivity index (χ2v) is 26.2. The van der Waals surface area contributed by atoms with Gasteiger partial charge in [0, 0.05) is 37.0 Å². The number of aliphatic hydroxyl groups excluding tert-OH is 1. The van der Waals surface area contributed by atoms with Crippen molar-refractivity contribution in [3.63, 3.8) is 0 Å². The van der Waals surface area contributed by atoms with E-state index in [1.54, 1.807) is 0 Å². The maximum atomic E-state index is 11.8. The second-order valence-electron chi connectivity index (χ2n) is 15.5. The third kappa shape index (κ3) is 9.99. The molecular formula is C41H54GeIrNO2-. The Bertz CT molecular complexity index is 1640. The maximum Gasteiger partial charge on any atom is 0.164 e. The molecule has 249 valence electrons. The van der Waals surface area contributed by atoms with Gasteiger partial charge in [-0.25, -0.2) is 0 Å². The van der Waals surface area contributed by atoms with Crippen LogP contribution in [0.1, 0.15) is 80.7 Å². The first kappa shape index (κ1) is 39.7. The average molecular weight is 858 g/mol. The van der Waals surface area contributed by atoms with Crippen molar-refractivity contribution in [3.8, 4) is 22.4 Å². The van der Waals surface area contributed by atoms with Gasteiger partial charge in [0.25, 0.3) is 0 Å². The number of hydrogen-bond donors (Lipinski definition) is 1. The van der Waals surface area contributed by atoms with Gasteiger partial charge in [0.2, 0.25) is 0 Å². The van der Waals surface area contributed by atoms with Crippen LogP contribution in [0.3, 0.4) is 0 Å². The topological polar surface area (TPSA) is 50.2 Å². The average Bonchev–Trinajstić information content (AvgIpc) is 3.00. The zero-order chi connectivity index (χ0) is 33.8. The smallest absolute Gasteiger partial charge is 0.164 e. The van der Waals surface area contributed by atoms with Crippen LogP contribution in [0.2, 0.25) is 17.3 Å². The van der Waals surface area contributed by atoms with E-state index in [1.165, 1.54) is 32.5 Å². The Balaban J connectivity index is 0.000000394. The zero-order valence-corrected chi connectivity index (χ0v) is 34.5. The molecule has 0 saturated carbocycles. The molecule has 1 aromatic heterocycles. The van der Waals surface area contributed by atoms with Crippen molar-refractivity contribution in [1.82, 2.24) is 4.98 Å². The van der Waals surface area contributed by atoms with Crippen molar-refractivity contribution in [3.05, 3.63) is 96.3 Å². The Morgan fingerprint density at radius 3 is 1.96 bits per heavy atom. The number of hydrogen-bond acceptors (Lipinski definition) is 3. The fourth-order valence-electron chi connectivity index (χ4n) is 4.61. The summed E-state index contributed by atoms with van der Waals surface area (Å²) in [5.74, 6) is 7.52. The van der Waals surface area contributed by atoms with E-state index >= 15 is 0 Å². The number of carbonyl (C=O) groups is 1. The van der Waals surface area contributed by atoms with E-state index in [4.69, 9.17) is 4.98 Å². The van der Waals surface area contributed by atoms with Crippen LogP contribution in [-0.2, 0) is 30.3 Å². The molecule has 0 spiro atoms. The van der Waals surface area contributed by atoms with E-state index in [1.807, 2.05) is 41.5 Å². The van der Waals surface area contributed by atoms with Gasteiger partial charge in [0.1, 0.15) is 5.76 Å². The molecule has 1 N–H and O–H groups in total. The summed E-state index contributed by atoms with van der Waals surface area (Å²) in [5.41, 5.74) is 6.28. The predicted octanol–water partition coefficient (Wildman–Crippen LogP) is 11.1. The minimum absolute atomic E-state index is 0. The third-order valence-corrected chi connectivity index (χ3v) is 13.4. The molecule has 0 aliphatic rings. The van der Waals surface area contributed by atoms with Gasteiger partial charge >= 0.3 is 184 Å². The number of aliphatic hydroxyl groups is 1. The minimum Gasteiger partial charge on any atom is -0.512 e. The van der Waals surface area contributed by atoms with Crippen LogP contribution >= 0.6 is 0 Å². The number of ketones is 1. The van der Waals surface area contributed by atoms with Crippen molar-refractivity contribution in [2.75, 3.05) is 0 Å². The third-order valence-electron chi connectivity index (χ3n) is 9.11. The fourth-order valence-corrected chi connectivity index (χ4v) is 7.04. The number of benzene rings is 3. The van der Waals surface area contributed by atoms with Gasteiger partial charge in [-0.1, -0.05) is 41.5 Å². The van der Waals surface area contributed by atoms with Crippen LogP contribution in [0.4, 0.5) is 0 Å². The Morgan fingerprint density at radius 2 is 1.46 bits per heavy atom. The van der Waals surface area contributed by atoms with E-state index in [9.17, 15) is 9.90 Å². The Morgan fingerprint density at radius 1 is 0.848 bits per heavy atom. The minimum atomic E-state index is -1.94. The number of fused-ring (bicyclic) bond motifs is 1. The van der Waals surface area contributed by atoms with Crippen LogP contribution in [0, 0.1) is 16.9 Å². The molecule has 0 atom stereocenters. The van der Waals surface area contributed by atoms with E-state index in [2.05, 4.69) is 117 Å². The Kier molecular flexibility index (Phi) is 13.4. The van der Waals surface area contributed by atoms with E-state index < -0.39 is 13.3 Å². The van der Waals surface area contributed by atoms with Crippen molar-refractivity contribution >= 4 is 34.3 Å². The largest absolute Gasteiger partial charge is 0.512 e. The number of pyridine rings is 1. The molecule has 4 rings (SSSR count). The normalized spacial score (nSPS) is 12.7. The molecular weight excluding hydrogens is 803 g/mol. The van der Waals surface area contributed by atoms with Crippen LogP contribution in [0.15, 0.2) is 84.6 Å². The number of carbonyl (C=O) groups excluding carboxylic acids is 1. The van der Waals surface area contributed by atoms with Crippen molar-refractivity contribution in [1.29, 1.82) is 0 Å².